The van der Waals surface area contributed by atoms with Crippen molar-refractivity contribution in [3.8, 4) is 0 Å². The molecule has 3 aliphatic carbocycles. The third kappa shape index (κ3) is 2.39. The number of fused-ring (bicyclic) bond motifs is 3. The Morgan fingerprint density at radius 2 is 2.00 bits per heavy atom. The van der Waals surface area contributed by atoms with Crippen LogP contribution >= 0.6 is 0 Å². The van der Waals surface area contributed by atoms with Crippen LogP contribution in [0.5, 0.6) is 0 Å². The van der Waals surface area contributed by atoms with Gasteiger partial charge in [0.15, 0.2) is 0 Å². The standard InChI is InChI=1S/C20H30O3/c1-12(2)14-10-13-6-7-17-19(3,15(13)11-16(14)21)8-5-9-20(17,4)18(22)23/h6,10,12,15-17,21H,5,7-9,11H2,1-4H3,(H,22,23)/t15?,16?,17-,19-,20-/m1/s1. The average molecular weight is 318 g/mol. The van der Waals surface area contributed by atoms with E-state index < -0.39 is 11.4 Å². The van der Waals surface area contributed by atoms with Crippen molar-refractivity contribution in [2.45, 2.75) is 65.9 Å². The van der Waals surface area contributed by atoms with Crippen LogP contribution in [0, 0.1) is 28.6 Å². The molecule has 1 saturated carbocycles. The number of hydrogen-bond donors (Lipinski definition) is 2. The third-order valence-corrected chi connectivity index (χ3v) is 7.10. The van der Waals surface area contributed by atoms with Gasteiger partial charge in [0.1, 0.15) is 0 Å². The zero-order valence-electron chi connectivity index (χ0n) is 14.8. The second-order valence-corrected chi connectivity index (χ2v) is 8.68. The molecule has 3 heteroatoms. The minimum absolute atomic E-state index is 0.0184. The van der Waals surface area contributed by atoms with E-state index in [1.807, 2.05) is 6.92 Å². The molecule has 2 unspecified atom stereocenters. The Morgan fingerprint density at radius 3 is 2.61 bits per heavy atom. The monoisotopic (exact) mass is 318 g/mol. The molecule has 0 amide bonds. The summed E-state index contributed by atoms with van der Waals surface area (Å²) in [4.78, 5) is 12.0. The Hall–Kier alpha value is -1.09. The van der Waals surface area contributed by atoms with E-state index in [0.717, 1.165) is 37.7 Å². The highest BCUT2D eigenvalue weighted by Gasteiger charge is 2.57. The minimum Gasteiger partial charge on any atom is -0.481 e. The van der Waals surface area contributed by atoms with Crippen LogP contribution in [0.25, 0.3) is 0 Å². The number of hydrogen-bond acceptors (Lipinski definition) is 2. The van der Waals surface area contributed by atoms with Crippen molar-refractivity contribution in [1.29, 1.82) is 0 Å². The quantitative estimate of drug-likeness (QED) is 0.803. The lowest BCUT2D eigenvalue weighted by Gasteiger charge is -2.57. The fourth-order valence-electron chi connectivity index (χ4n) is 5.66. The molecule has 0 aromatic heterocycles. The van der Waals surface area contributed by atoms with Crippen LogP contribution in [0.1, 0.15) is 59.8 Å². The molecule has 0 spiro atoms. The number of carbonyl (C=O) groups is 1. The summed E-state index contributed by atoms with van der Waals surface area (Å²) in [7, 11) is 0. The van der Waals surface area contributed by atoms with Crippen molar-refractivity contribution in [3.63, 3.8) is 0 Å². The van der Waals surface area contributed by atoms with Gasteiger partial charge in [-0.2, -0.15) is 0 Å². The van der Waals surface area contributed by atoms with Gasteiger partial charge >= 0.3 is 5.97 Å². The largest absolute Gasteiger partial charge is 0.481 e. The summed E-state index contributed by atoms with van der Waals surface area (Å²) in [6.45, 7) is 8.47. The van der Waals surface area contributed by atoms with E-state index in [-0.39, 0.29) is 23.4 Å². The molecule has 2 N–H and O–H groups in total. The van der Waals surface area contributed by atoms with E-state index in [9.17, 15) is 15.0 Å². The molecule has 128 valence electrons. The molecule has 1 fully saturated rings. The van der Waals surface area contributed by atoms with Crippen molar-refractivity contribution in [3.05, 3.63) is 23.3 Å². The predicted octanol–water partition coefficient (Wildman–Crippen LogP) is 4.18. The molecule has 0 radical (unpaired) electrons. The molecule has 0 saturated heterocycles. The second-order valence-electron chi connectivity index (χ2n) is 8.68. The lowest BCUT2D eigenvalue weighted by Crippen LogP contribution is -2.53. The SMILES string of the molecule is CC(C)C1=CC2=CC[C@H]3[C@](C)(C(=O)O)CCC[C@]3(C)C2CC1O. The topological polar surface area (TPSA) is 57.5 Å². The molecule has 5 atom stereocenters. The smallest absolute Gasteiger partial charge is 0.309 e. The zero-order chi connectivity index (χ0) is 17.0. The van der Waals surface area contributed by atoms with Gasteiger partial charge in [0.05, 0.1) is 11.5 Å². The zero-order valence-corrected chi connectivity index (χ0v) is 14.8. The molecule has 0 heterocycles. The molecular weight excluding hydrogens is 288 g/mol. The van der Waals surface area contributed by atoms with Crippen molar-refractivity contribution in [2.24, 2.45) is 28.6 Å². The van der Waals surface area contributed by atoms with Crippen LogP contribution in [-0.2, 0) is 4.79 Å². The van der Waals surface area contributed by atoms with E-state index in [1.54, 1.807) is 0 Å². The van der Waals surface area contributed by atoms with Gasteiger partial charge in [-0.3, -0.25) is 4.79 Å². The summed E-state index contributed by atoms with van der Waals surface area (Å²) in [6, 6.07) is 0. The lowest BCUT2D eigenvalue weighted by molar-refractivity contribution is -0.162. The highest BCUT2D eigenvalue weighted by molar-refractivity contribution is 5.75. The molecule has 23 heavy (non-hydrogen) atoms. The van der Waals surface area contributed by atoms with Gasteiger partial charge in [-0.25, -0.2) is 0 Å². The van der Waals surface area contributed by atoms with E-state index in [1.165, 1.54) is 5.57 Å². The van der Waals surface area contributed by atoms with Gasteiger partial charge in [0, 0.05) is 0 Å². The highest BCUT2D eigenvalue weighted by atomic mass is 16.4. The first-order chi connectivity index (χ1) is 10.7. The van der Waals surface area contributed by atoms with Crippen LogP contribution in [0.4, 0.5) is 0 Å². The maximum atomic E-state index is 12.0. The molecular formula is C20H30O3. The first-order valence-electron chi connectivity index (χ1n) is 9.03. The number of carboxylic acid groups (broad SMARTS) is 1. The molecule has 0 bridgehead atoms. The molecule has 0 aromatic carbocycles. The van der Waals surface area contributed by atoms with Gasteiger partial charge in [-0.1, -0.05) is 39.3 Å². The lowest BCUT2D eigenvalue weighted by atomic mass is 9.46. The first-order valence-corrected chi connectivity index (χ1v) is 9.03. The Balaban J connectivity index is 2.03. The Bertz CT molecular complexity index is 573. The highest BCUT2D eigenvalue weighted by Crippen LogP contribution is 2.62. The molecule has 3 aliphatic rings. The average Bonchev–Trinajstić information content (AvgIpc) is 2.46. The summed E-state index contributed by atoms with van der Waals surface area (Å²) in [5, 5.41) is 20.4. The van der Waals surface area contributed by atoms with Crippen molar-refractivity contribution < 1.29 is 15.0 Å². The van der Waals surface area contributed by atoms with E-state index in [0.29, 0.717) is 5.92 Å². The van der Waals surface area contributed by atoms with E-state index >= 15 is 0 Å². The van der Waals surface area contributed by atoms with Crippen LogP contribution in [0.2, 0.25) is 0 Å². The van der Waals surface area contributed by atoms with Gasteiger partial charge < -0.3 is 10.2 Å². The number of rotatable bonds is 2. The van der Waals surface area contributed by atoms with Crippen LogP contribution in [0.15, 0.2) is 23.3 Å². The van der Waals surface area contributed by atoms with Gasteiger partial charge in [-0.05, 0) is 66.9 Å². The maximum absolute atomic E-state index is 12.0. The summed E-state index contributed by atoms with van der Waals surface area (Å²) in [6.07, 6.45) is 8.49. The van der Waals surface area contributed by atoms with Crippen molar-refractivity contribution >= 4 is 5.97 Å². The Labute approximate surface area is 139 Å². The molecule has 3 nitrogen and oxygen atoms in total. The molecule has 3 rings (SSSR count). The third-order valence-electron chi connectivity index (χ3n) is 7.10. The number of carboxylic acids is 1. The maximum Gasteiger partial charge on any atom is 0.309 e. The van der Waals surface area contributed by atoms with Gasteiger partial charge in [0.25, 0.3) is 0 Å². The fourth-order valence-corrected chi connectivity index (χ4v) is 5.66. The van der Waals surface area contributed by atoms with E-state index in [4.69, 9.17) is 0 Å². The summed E-state index contributed by atoms with van der Waals surface area (Å²) >= 11 is 0. The fraction of sp³-hybridized carbons (Fsp3) is 0.750. The van der Waals surface area contributed by atoms with Gasteiger partial charge in [0.2, 0.25) is 0 Å². The number of allylic oxidation sites excluding steroid dienone is 3. The number of aliphatic hydroxyl groups is 1. The first kappa shape index (κ1) is 16.8. The minimum atomic E-state index is -0.653. The van der Waals surface area contributed by atoms with Crippen LogP contribution in [0.3, 0.4) is 0 Å². The molecule has 0 aliphatic heterocycles. The number of aliphatic carboxylic acids is 1. The summed E-state index contributed by atoms with van der Waals surface area (Å²) < 4.78 is 0. The van der Waals surface area contributed by atoms with Crippen molar-refractivity contribution in [1.82, 2.24) is 0 Å². The molecule has 0 aromatic rings. The van der Waals surface area contributed by atoms with E-state index in [2.05, 4.69) is 32.9 Å². The Morgan fingerprint density at radius 1 is 1.30 bits per heavy atom. The summed E-state index contributed by atoms with van der Waals surface area (Å²) in [5.41, 5.74) is 1.82. The Kier molecular flexibility index (Phi) is 3.99. The summed E-state index contributed by atoms with van der Waals surface area (Å²) in [5.74, 6) is 0.155. The number of aliphatic hydroxyl groups excluding tert-OH is 1. The van der Waals surface area contributed by atoms with Crippen LogP contribution < -0.4 is 0 Å². The van der Waals surface area contributed by atoms with Gasteiger partial charge in [-0.15, -0.1) is 0 Å². The van der Waals surface area contributed by atoms with Crippen molar-refractivity contribution in [2.75, 3.05) is 0 Å². The normalized spacial score (nSPS) is 43.3. The predicted molar refractivity (Wildman–Crippen MR) is 90.9 cm³/mol. The second kappa shape index (κ2) is 5.47. The van der Waals surface area contributed by atoms with Crippen LogP contribution in [-0.4, -0.2) is 22.3 Å².